The van der Waals surface area contributed by atoms with Crippen molar-refractivity contribution in [3.8, 4) is 0 Å². The Morgan fingerprint density at radius 2 is 1.79 bits per heavy atom. The molecule has 0 radical (unpaired) electrons. The number of fused-ring (bicyclic) bond motifs is 3. The van der Waals surface area contributed by atoms with Crippen molar-refractivity contribution in [3.63, 3.8) is 0 Å². The number of ketones is 1. The van der Waals surface area contributed by atoms with Crippen molar-refractivity contribution in [2.75, 3.05) is 6.61 Å². The second-order valence-electron chi connectivity index (χ2n) is 12.8. The number of esters is 2. The van der Waals surface area contributed by atoms with Crippen LogP contribution < -0.4 is 5.73 Å². The number of aliphatic hydroxyl groups is 3. The van der Waals surface area contributed by atoms with E-state index in [0.29, 0.717) is 5.57 Å². The monoisotopic (exact) mass is 587 g/mol. The molecule has 11 heteroatoms. The van der Waals surface area contributed by atoms with Gasteiger partial charge >= 0.3 is 11.9 Å². The van der Waals surface area contributed by atoms with Gasteiger partial charge in [0.25, 0.3) is 6.47 Å². The van der Waals surface area contributed by atoms with Crippen molar-refractivity contribution >= 4 is 24.2 Å². The highest BCUT2D eigenvalue weighted by Crippen LogP contribution is 2.63. The van der Waals surface area contributed by atoms with Crippen LogP contribution in [0.3, 0.4) is 0 Å². The standard InChI is InChI=1S/C31H41NO10/c1-17-12-13-28(6)24(37)23(36)22-18(2)21(40-16-34)14-29(39,27(22,4)5)26(41-25(38)20-10-8-7-9-11-20)31(28,32)30(17,15-33)42-19(3)35/h7-11,16-17,21,23,26,33,36,39H,12-15,32H2,1-6H3/t17?,21-,23?,26+,28?,29?,30-,31+/m0/s1. The number of hydrogen-bond acceptors (Lipinski definition) is 11. The molecule has 11 nitrogen and oxygen atoms in total. The number of nitrogens with two attached hydrogens (primary N) is 1. The number of carbonyl (C=O) groups excluding carboxylic acids is 4. The highest BCUT2D eigenvalue weighted by Gasteiger charge is 2.79. The number of carbonyl (C=O) groups is 4. The topological polar surface area (TPSA) is 183 Å². The summed E-state index contributed by atoms with van der Waals surface area (Å²) in [7, 11) is 0. The highest BCUT2D eigenvalue weighted by atomic mass is 16.6. The molecule has 0 spiro atoms. The molecule has 4 unspecified atom stereocenters. The van der Waals surface area contributed by atoms with Crippen LogP contribution in [0.25, 0.3) is 0 Å². The fraction of sp³-hybridized carbons (Fsp3) is 0.613. The predicted octanol–water partition coefficient (Wildman–Crippen LogP) is 1.60. The Balaban J connectivity index is 2.15. The molecule has 2 fully saturated rings. The number of benzene rings is 1. The van der Waals surface area contributed by atoms with Crippen LogP contribution in [0.2, 0.25) is 0 Å². The van der Waals surface area contributed by atoms with Crippen molar-refractivity contribution in [2.45, 2.75) is 95.9 Å². The zero-order valence-corrected chi connectivity index (χ0v) is 24.9. The normalized spacial score (nSPS) is 39.3. The van der Waals surface area contributed by atoms with E-state index in [1.54, 1.807) is 45.9 Å². The van der Waals surface area contributed by atoms with E-state index >= 15 is 0 Å². The number of ether oxygens (including phenoxy) is 3. The third-order valence-electron chi connectivity index (χ3n) is 10.6. The fourth-order valence-corrected chi connectivity index (χ4v) is 7.97. The molecule has 230 valence electrons. The van der Waals surface area contributed by atoms with Crippen LogP contribution in [0.15, 0.2) is 41.5 Å². The van der Waals surface area contributed by atoms with Crippen LogP contribution in [0.4, 0.5) is 0 Å². The van der Waals surface area contributed by atoms with Gasteiger partial charge in [-0.3, -0.25) is 14.4 Å². The summed E-state index contributed by atoms with van der Waals surface area (Å²) in [5.41, 5.74) is -1.90. The van der Waals surface area contributed by atoms with Crippen molar-refractivity contribution in [3.05, 3.63) is 47.0 Å². The summed E-state index contributed by atoms with van der Waals surface area (Å²) < 4.78 is 17.4. The van der Waals surface area contributed by atoms with Crippen molar-refractivity contribution in [1.82, 2.24) is 0 Å². The molecular formula is C31H41NO10. The smallest absolute Gasteiger partial charge is 0.338 e. The van der Waals surface area contributed by atoms with E-state index in [9.17, 15) is 34.5 Å². The van der Waals surface area contributed by atoms with E-state index in [1.807, 2.05) is 0 Å². The Labute approximate surface area is 245 Å². The first-order valence-electron chi connectivity index (χ1n) is 14.1. The average Bonchev–Trinajstić information content (AvgIpc) is 2.94. The highest BCUT2D eigenvalue weighted by molar-refractivity contribution is 5.94. The maximum atomic E-state index is 14.5. The van der Waals surface area contributed by atoms with Crippen molar-refractivity contribution < 1.29 is 48.7 Å². The lowest BCUT2D eigenvalue weighted by Gasteiger charge is -2.68. The number of rotatable bonds is 6. The summed E-state index contributed by atoms with van der Waals surface area (Å²) in [6, 6.07) is 7.94. The molecule has 5 N–H and O–H groups in total. The summed E-state index contributed by atoms with van der Waals surface area (Å²) in [6.07, 6.45) is -4.80. The van der Waals surface area contributed by atoms with Gasteiger partial charge in [-0.05, 0) is 43.0 Å². The maximum Gasteiger partial charge on any atom is 0.338 e. The third kappa shape index (κ3) is 4.08. The Morgan fingerprint density at radius 3 is 2.33 bits per heavy atom. The van der Waals surface area contributed by atoms with Gasteiger partial charge < -0.3 is 35.3 Å². The molecule has 1 aromatic carbocycles. The molecule has 0 heterocycles. The largest absolute Gasteiger partial charge is 0.460 e. The minimum Gasteiger partial charge on any atom is -0.460 e. The summed E-state index contributed by atoms with van der Waals surface area (Å²) in [4.78, 5) is 52.5. The van der Waals surface area contributed by atoms with Gasteiger partial charge in [-0.2, -0.15) is 0 Å². The second-order valence-corrected chi connectivity index (χ2v) is 12.8. The van der Waals surface area contributed by atoms with E-state index in [-0.39, 0.29) is 36.9 Å². The molecule has 42 heavy (non-hydrogen) atoms. The van der Waals surface area contributed by atoms with Gasteiger partial charge in [0, 0.05) is 24.7 Å². The summed E-state index contributed by atoms with van der Waals surface area (Å²) >= 11 is 0. The van der Waals surface area contributed by atoms with Crippen LogP contribution in [-0.2, 0) is 28.6 Å². The Bertz CT molecular complexity index is 1310. The number of aliphatic hydroxyl groups excluding tert-OH is 2. The van der Waals surface area contributed by atoms with E-state index in [0.717, 1.165) is 6.92 Å². The van der Waals surface area contributed by atoms with Gasteiger partial charge in [0.15, 0.2) is 17.5 Å². The first-order chi connectivity index (χ1) is 19.5. The molecule has 0 amide bonds. The molecule has 2 saturated carbocycles. The second kappa shape index (κ2) is 10.6. The lowest BCUT2D eigenvalue weighted by Crippen LogP contribution is -2.88. The summed E-state index contributed by atoms with van der Waals surface area (Å²) in [5, 5.41) is 35.8. The fourth-order valence-electron chi connectivity index (χ4n) is 7.97. The third-order valence-corrected chi connectivity index (χ3v) is 10.6. The first-order valence-corrected chi connectivity index (χ1v) is 14.1. The van der Waals surface area contributed by atoms with Crippen LogP contribution >= 0.6 is 0 Å². The van der Waals surface area contributed by atoms with Crippen LogP contribution in [0, 0.1) is 16.7 Å². The molecule has 4 rings (SSSR count). The van der Waals surface area contributed by atoms with Crippen molar-refractivity contribution in [1.29, 1.82) is 0 Å². The van der Waals surface area contributed by atoms with Crippen molar-refractivity contribution in [2.24, 2.45) is 22.5 Å². The van der Waals surface area contributed by atoms with Gasteiger partial charge in [-0.1, -0.05) is 45.9 Å². The van der Waals surface area contributed by atoms with Crippen LogP contribution in [0.5, 0.6) is 0 Å². The zero-order valence-electron chi connectivity index (χ0n) is 24.9. The molecule has 2 bridgehead atoms. The van der Waals surface area contributed by atoms with Gasteiger partial charge in [0.2, 0.25) is 0 Å². The summed E-state index contributed by atoms with van der Waals surface area (Å²) in [6.45, 7) is 8.36. The first kappa shape index (κ1) is 31.8. The molecule has 0 aromatic heterocycles. The zero-order chi connectivity index (χ0) is 31.5. The molecular weight excluding hydrogens is 546 g/mol. The molecule has 1 aromatic rings. The van der Waals surface area contributed by atoms with Crippen LogP contribution in [-0.4, -0.2) is 81.2 Å². The van der Waals surface area contributed by atoms with E-state index in [4.69, 9.17) is 19.9 Å². The van der Waals surface area contributed by atoms with Gasteiger partial charge in [0.05, 0.1) is 17.6 Å². The molecule has 0 saturated heterocycles. The molecule has 3 aliphatic rings. The minimum absolute atomic E-state index is 0.0556. The Morgan fingerprint density at radius 1 is 1.17 bits per heavy atom. The van der Waals surface area contributed by atoms with Gasteiger partial charge in [-0.15, -0.1) is 0 Å². The van der Waals surface area contributed by atoms with E-state index in [2.05, 4.69) is 0 Å². The van der Waals surface area contributed by atoms with E-state index < -0.39 is 76.1 Å². The number of hydrogen-bond donors (Lipinski definition) is 4. The average molecular weight is 588 g/mol. The lowest BCUT2D eigenvalue weighted by atomic mass is 9.42. The van der Waals surface area contributed by atoms with Gasteiger partial charge in [0.1, 0.15) is 23.3 Å². The Kier molecular flexibility index (Phi) is 7.99. The lowest BCUT2D eigenvalue weighted by molar-refractivity contribution is -0.274. The molecule has 0 aliphatic heterocycles. The predicted molar refractivity (Wildman–Crippen MR) is 149 cm³/mol. The van der Waals surface area contributed by atoms with Crippen LogP contribution in [0.1, 0.15) is 71.2 Å². The Hall–Kier alpha value is -3.12. The molecule has 3 aliphatic carbocycles. The summed E-state index contributed by atoms with van der Waals surface area (Å²) in [5.74, 6) is -3.15. The number of Topliss-reactive ketones (excluding diaryl/α,β-unsaturated/α-hetero) is 1. The quantitative estimate of drug-likeness (QED) is 0.164. The SMILES string of the molecule is CC(=O)O[C@@]1(CO)C(C)CCC2(C)C(=O)C(O)C3=C(C)[C@@H](OC=O)CC(O)([C@@H](OC(=O)c4ccccc4)[C@@]21N)C3(C)C. The minimum atomic E-state index is -2.30. The van der Waals surface area contributed by atoms with Gasteiger partial charge in [-0.25, -0.2) is 4.79 Å². The maximum absolute atomic E-state index is 14.5. The van der Waals surface area contributed by atoms with E-state index in [1.165, 1.54) is 19.1 Å². The molecule has 8 atom stereocenters.